The van der Waals surface area contributed by atoms with E-state index in [0.29, 0.717) is 43.5 Å². The van der Waals surface area contributed by atoms with E-state index in [1.165, 1.54) is 18.2 Å². The second kappa shape index (κ2) is 8.51. The number of anilines is 1. The number of nitro groups is 1. The molecule has 0 saturated carbocycles. The van der Waals surface area contributed by atoms with Crippen LogP contribution in [0.15, 0.2) is 66.7 Å². The molecule has 0 aliphatic heterocycles. The second-order valence-electron chi connectivity index (χ2n) is 6.57. The molecule has 1 heterocycles. The number of fused-ring (bicyclic) bond motifs is 1. The number of hydrogen-bond donors (Lipinski definition) is 1. The predicted molar refractivity (Wildman–Crippen MR) is 123 cm³/mol. The molecule has 1 N–H and O–H groups in total. The number of nitrogens with zero attached hydrogens (tertiary/aromatic N) is 2. The Labute approximate surface area is 191 Å². The molecule has 0 atom stereocenters. The van der Waals surface area contributed by atoms with Crippen molar-refractivity contribution >= 4 is 63.0 Å². The minimum atomic E-state index is -0.591. The number of nitro benzene ring substituents is 1. The number of nitrogens with one attached hydrogen (secondary N) is 1. The van der Waals surface area contributed by atoms with Crippen LogP contribution in [0.5, 0.6) is 0 Å². The molecule has 4 rings (SSSR count). The van der Waals surface area contributed by atoms with Crippen LogP contribution in [0.1, 0.15) is 10.4 Å². The van der Waals surface area contributed by atoms with Crippen molar-refractivity contribution in [3.8, 4) is 11.3 Å². The maximum absolute atomic E-state index is 13.1. The van der Waals surface area contributed by atoms with Gasteiger partial charge >= 0.3 is 0 Å². The van der Waals surface area contributed by atoms with Gasteiger partial charge in [-0.3, -0.25) is 14.9 Å². The van der Waals surface area contributed by atoms with Crippen LogP contribution in [0.25, 0.3) is 22.2 Å². The summed E-state index contributed by atoms with van der Waals surface area (Å²) in [5, 5.41) is 15.1. The number of para-hydroxylation sites is 1. The summed E-state index contributed by atoms with van der Waals surface area (Å²) in [6.07, 6.45) is 0. The third-order valence-corrected chi connectivity index (χ3v) is 5.42. The fourth-order valence-corrected chi connectivity index (χ4v) is 3.88. The van der Waals surface area contributed by atoms with Gasteiger partial charge in [-0.05, 0) is 42.5 Å². The Morgan fingerprint density at radius 1 is 0.935 bits per heavy atom. The molecule has 31 heavy (non-hydrogen) atoms. The average Bonchev–Trinajstić information content (AvgIpc) is 2.72. The van der Waals surface area contributed by atoms with Crippen LogP contribution in [-0.4, -0.2) is 15.8 Å². The Kier molecular flexibility index (Phi) is 5.78. The third kappa shape index (κ3) is 4.32. The number of halogens is 3. The lowest BCUT2D eigenvalue weighted by molar-refractivity contribution is -0.384. The molecule has 4 aromatic rings. The van der Waals surface area contributed by atoms with Gasteiger partial charge in [0, 0.05) is 27.7 Å². The zero-order valence-electron chi connectivity index (χ0n) is 15.6. The van der Waals surface area contributed by atoms with Gasteiger partial charge < -0.3 is 5.32 Å². The Bertz CT molecular complexity index is 1360. The van der Waals surface area contributed by atoms with Gasteiger partial charge in [0.2, 0.25) is 0 Å². The summed E-state index contributed by atoms with van der Waals surface area (Å²) in [7, 11) is 0. The van der Waals surface area contributed by atoms with Gasteiger partial charge in [0.1, 0.15) is 5.02 Å². The number of rotatable bonds is 4. The number of carbonyl (C=O) groups excluding carboxylic acids is 1. The van der Waals surface area contributed by atoms with Gasteiger partial charge in [-0.2, -0.15) is 0 Å². The third-order valence-electron chi connectivity index (χ3n) is 4.57. The Balaban J connectivity index is 1.78. The molecular weight excluding hydrogens is 461 g/mol. The lowest BCUT2D eigenvalue weighted by Crippen LogP contribution is -2.13. The second-order valence-corrected chi connectivity index (χ2v) is 7.82. The molecule has 6 nitrogen and oxygen atoms in total. The van der Waals surface area contributed by atoms with Crippen LogP contribution in [0.3, 0.4) is 0 Å². The molecule has 0 saturated heterocycles. The van der Waals surface area contributed by atoms with Gasteiger partial charge in [0.15, 0.2) is 0 Å². The quantitative estimate of drug-likeness (QED) is 0.255. The lowest BCUT2D eigenvalue weighted by Gasteiger charge is -2.12. The van der Waals surface area contributed by atoms with Crippen molar-refractivity contribution in [3.63, 3.8) is 0 Å². The van der Waals surface area contributed by atoms with Gasteiger partial charge in [-0.1, -0.05) is 53.0 Å². The molecule has 1 aromatic heterocycles. The predicted octanol–water partition coefficient (Wildman–Crippen LogP) is 7.02. The highest BCUT2D eigenvalue weighted by Gasteiger charge is 2.17. The minimum absolute atomic E-state index is 0.0731. The highest BCUT2D eigenvalue weighted by Crippen LogP contribution is 2.32. The molecule has 0 radical (unpaired) electrons. The largest absolute Gasteiger partial charge is 0.322 e. The summed E-state index contributed by atoms with van der Waals surface area (Å²) in [4.78, 5) is 28.1. The molecule has 9 heteroatoms. The zero-order chi connectivity index (χ0) is 22.1. The first-order chi connectivity index (χ1) is 14.8. The van der Waals surface area contributed by atoms with Crippen LogP contribution in [0.2, 0.25) is 15.1 Å². The van der Waals surface area contributed by atoms with Crippen LogP contribution < -0.4 is 5.32 Å². The summed E-state index contributed by atoms with van der Waals surface area (Å²) in [5.41, 5.74) is 2.19. The molecule has 3 aromatic carbocycles. The van der Waals surface area contributed by atoms with Gasteiger partial charge in [0.05, 0.1) is 26.7 Å². The first-order valence-corrected chi connectivity index (χ1v) is 10.1. The van der Waals surface area contributed by atoms with E-state index in [0.717, 1.165) is 0 Å². The van der Waals surface area contributed by atoms with Crippen LogP contribution in [0.4, 0.5) is 11.4 Å². The smallest absolute Gasteiger partial charge is 0.288 e. The Morgan fingerprint density at radius 3 is 2.42 bits per heavy atom. The fourth-order valence-electron chi connectivity index (χ4n) is 3.13. The topological polar surface area (TPSA) is 85.1 Å². The number of hydrogen-bond acceptors (Lipinski definition) is 4. The number of carbonyl (C=O) groups is 1. The normalized spacial score (nSPS) is 10.8. The lowest BCUT2D eigenvalue weighted by atomic mass is 10.0. The van der Waals surface area contributed by atoms with Crippen molar-refractivity contribution in [3.05, 3.63) is 97.5 Å². The molecule has 0 bridgehead atoms. The Morgan fingerprint density at radius 2 is 1.71 bits per heavy atom. The van der Waals surface area contributed by atoms with Crippen molar-refractivity contribution in [2.75, 3.05) is 5.32 Å². The number of benzene rings is 3. The molecular formula is C22H12Cl3N3O3. The van der Waals surface area contributed by atoms with E-state index >= 15 is 0 Å². The SMILES string of the molecule is O=C(Nc1ccc([N+](=O)[O-])c(Cl)c1)c1cc(-c2ccc(Cl)cc2Cl)nc2ccccc12. The number of pyridine rings is 1. The standard InChI is InChI=1S/C22H12Cl3N3O3/c23-12-5-7-15(17(24)9-12)20-11-16(14-3-1-2-4-19(14)27-20)22(29)26-13-6-8-21(28(30)31)18(25)10-13/h1-11H,(H,26,29). The molecule has 154 valence electrons. The zero-order valence-corrected chi connectivity index (χ0v) is 17.9. The minimum Gasteiger partial charge on any atom is -0.322 e. The van der Waals surface area contributed by atoms with Crippen molar-refractivity contribution in [2.45, 2.75) is 0 Å². The van der Waals surface area contributed by atoms with Crippen molar-refractivity contribution in [1.82, 2.24) is 4.98 Å². The molecule has 0 aliphatic rings. The maximum Gasteiger partial charge on any atom is 0.288 e. The fraction of sp³-hybridized carbons (Fsp3) is 0. The van der Waals surface area contributed by atoms with E-state index < -0.39 is 10.8 Å². The van der Waals surface area contributed by atoms with Gasteiger partial charge in [0.25, 0.3) is 11.6 Å². The van der Waals surface area contributed by atoms with E-state index in [1.54, 1.807) is 42.5 Å². The highest BCUT2D eigenvalue weighted by molar-refractivity contribution is 6.36. The van der Waals surface area contributed by atoms with E-state index in [-0.39, 0.29) is 10.7 Å². The highest BCUT2D eigenvalue weighted by atomic mass is 35.5. The van der Waals surface area contributed by atoms with Crippen molar-refractivity contribution in [1.29, 1.82) is 0 Å². The van der Waals surface area contributed by atoms with Gasteiger partial charge in [-0.25, -0.2) is 4.98 Å². The van der Waals surface area contributed by atoms with Crippen LogP contribution in [0, 0.1) is 10.1 Å². The number of aromatic nitrogens is 1. The first kappa shape index (κ1) is 21.1. The summed E-state index contributed by atoms with van der Waals surface area (Å²) in [5.74, 6) is -0.421. The molecule has 0 aliphatic carbocycles. The molecule has 0 unspecified atom stereocenters. The maximum atomic E-state index is 13.1. The molecule has 1 amide bonds. The summed E-state index contributed by atoms with van der Waals surface area (Å²) < 4.78 is 0. The molecule has 0 spiro atoms. The van der Waals surface area contributed by atoms with Crippen molar-refractivity contribution in [2.24, 2.45) is 0 Å². The van der Waals surface area contributed by atoms with Crippen LogP contribution >= 0.6 is 34.8 Å². The summed E-state index contributed by atoms with van der Waals surface area (Å²) in [6, 6.07) is 17.9. The van der Waals surface area contributed by atoms with Gasteiger partial charge in [-0.15, -0.1) is 0 Å². The van der Waals surface area contributed by atoms with E-state index in [9.17, 15) is 14.9 Å². The van der Waals surface area contributed by atoms with E-state index in [2.05, 4.69) is 10.3 Å². The average molecular weight is 473 g/mol. The number of amides is 1. The molecule has 0 fully saturated rings. The van der Waals surface area contributed by atoms with Crippen molar-refractivity contribution < 1.29 is 9.72 Å². The van der Waals surface area contributed by atoms with Crippen LogP contribution in [-0.2, 0) is 0 Å². The summed E-state index contributed by atoms with van der Waals surface area (Å²) >= 11 is 18.3. The first-order valence-electron chi connectivity index (χ1n) is 8.94. The summed E-state index contributed by atoms with van der Waals surface area (Å²) in [6.45, 7) is 0. The van der Waals surface area contributed by atoms with E-state index in [1.807, 2.05) is 6.07 Å². The Hall–Kier alpha value is -3.19. The van der Waals surface area contributed by atoms with E-state index in [4.69, 9.17) is 34.8 Å². The monoisotopic (exact) mass is 471 g/mol.